The van der Waals surface area contributed by atoms with Gasteiger partial charge in [-0.05, 0) is 26.3 Å². The minimum atomic E-state index is -4.40. The summed E-state index contributed by atoms with van der Waals surface area (Å²) < 4.78 is 42.5. The van der Waals surface area contributed by atoms with Gasteiger partial charge in [0.15, 0.2) is 5.69 Å². The van der Waals surface area contributed by atoms with E-state index in [1.165, 1.54) is 7.11 Å². The summed E-state index contributed by atoms with van der Waals surface area (Å²) in [6.07, 6.45) is -2.79. The van der Waals surface area contributed by atoms with E-state index >= 15 is 0 Å². The lowest BCUT2D eigenvalue weighted by atomic mass is 9.97. The highest BCUT2D eigenvalue weighted by Gasteiger charge is 2.36. The van der Waals surface area contributed by atoms with Crippen molar-refractivity contribution in [1.29, 1.82) is 0 Å². The number of hydrogen-bond acceptors (Lipinski definition) is 5. The van der Waals surface area contributed by atoms with Crippen LogP contribution in [0.3, 0.4) is 0 Å². The van der Waals surface area contributed by atoms with Gasteiger partial charge >= 0.3 is 12.1 Å². The van der Waals surface area contributed by atoms with Gasteiger partial charge in [0.1, 0.15) is 6.04 Å². The zero-order valence-corrected chi connectivity index (χ0v) is 12.6. The van der Waals surface area contributed by atoms with Gasteiger partial charge < -0.3 is 4.74 Å². The summed E-state index contributed by atoms with van der Waals surface area (Å²) in [5, 5.41) is 1.54. The summed E-state index contributed by atoms with van der Waals surface area (Å²) in [5.74, 6) is -0.391. The van der Waals surface area contributed by atoms with Crippen LogP contribution >= 0.6 is 11.3 Å². The van der Waals surface area contributed by atoms with Gasteiger partial charge in [0.25, 0.3) is 0 Å². The van der Waals surface area contributed by atoms with Gasteiger partial charge in [0.05, 0.1) is 12.1 Å². The fraction of sp³-hybridized carbons (Fsp3) is 0.692. The van der Waals surface area contributed by atoms with E-state index in [-0.39, 0.29) is 17.9 Å². The molecule has 0 aromatic carbocycles. The molecule has 0 radical (unpaired) electrons. The third kappa shape index (κ3) is 3.74. The van der Waals surface area contributed by atoms with Crippen LogP contribution in [0.4, 0.5) is 13.2 Å². The number of esters is 1. The van der Waals surface area contributed by atoms with Crippen molar-refractivity contribution in [3.63, 3.8) is 0 Å². The Bertz CT molecular complexity index is 504. The SMILES string of the molecule is COC(=O)[C@@H](C)N1CCC[C@H](c2nc(C(F)(F)F)cs2)C1. The maximum Gasteiger partial charge on any atom is 0.434 e. The Morgan fingerprint density at radius 1 is 1.57 bits per heavy atom. The molecule has 1 aromatic heterocycles. The predicted molar refractivity (Wildman–Crippen MR) is 72.1 cm³/mol. The van der Waals surface area contributed by atoms with Crippen molar-refractivity contribution in [2.45, 2.75) is 37.9 Å². The molecule has 2 rings (SSSR count). The number of methoxy groups -OCH3 is 1. The fourth-order valence-electron chi connectivity index (χ4n) is 2.48. The molecule has 1 aromatic rings. The first-order valence-electron chi connectivity index (χ1n) is 6.67. The van der Waals surface area contributed by atoms with E-state index in [4.69, 9.17) is 4.74 Å². The Morgan fingerprint density at radius 3 is 2.86 bits per heavy atom. The number of halogens is 3. The number of likely N-dealkylation sites (tertiary alicyclic amines) is 1. The monoisotopic (exact) mass is 322 g/mol. The van der Waals surface area contributed by atoms with E-state index in [1.54, 1.807) is 6.92 Å². The highest BCUT2D eigenvalue weighted by Crippen LogP contribution is 2.35. The fourth-order valence-corrected chi connectivity index (χ4v) is 3.44. The molecule has 1 fully saturated rings. The van der Waals surface area contributed by atoms with Crippen molar-refractivity contribution in [3.8, 4) is 0 Å². The number of carbonyl (C=O) groups is 1. The van der Waals surface area contributed by atoms with Crippen molar-refractivity contribution in [3.05, 3.63) is 16.1 Å². The molecule has 2 atom stereocenters. The lowest BCUT2D eigenvalue weighted by Crippen LogP contribution is -2.44. The van der Waals surface area contributed by atoms with Crippen molar-refractivity contribution in [2.75, 3.05) is 20.2 Å². The Morgan fingerprint density at radius 2 is 2.29 bits per heavy atom. The van der Waals surface area contributed by atoms with Crippen molar-refractivity contribution in [1.82, 2.24) is 9.88 Å². The number of alkyl halides is 3. The molecule has 21 heavy (non-hydrogen) atoms. The molecule has 8 heteroatoms. The van der Waals surface area contributed by atoms with Crippen LogP contribution in [0.25, 0.3) is 0 Å². The average molecular weight is 322 g/mol. The number of aromatic nitrogens is 1. The molecular formula is C13H17F3N2O2S. The van der Waals surface area contributed by atoms with Gasteiger partial charge in [-0.15, -0.1) is 11.3 Å². The first-order chi connectivity index (χ1) is 9.82. The van der Waals surface area contributed by atoms with Gasteiger partial charge in [0.2, 0.25) is 0 Å². The maximum atomic E-state index is 12.6. The highest BCUT2D eigenvalue weighted by molar-refractivity contribution is 7.09. The van der Waals surface area contributed by atoms with E-state index in [0.29, 0.717) is 11.6 Å². The molecule has 4 nitrogen and oxygen atoms in total. The van der Waals surface area contributed by atoms with E-state index < -0.39 is 11.9 Å². The lowest BCUT2D eigenvalue weighted by molar-refractivity contribution is -0.146. The third-order valence-electron chi connectivity index (χ3n) is 3.70. The number of thiazole rings is 1. The van der Waals surface area contributed by atoms with Crippen LogP contribution in [0.15, 0.2) is 5.38 Å². The Kier molecular flexibility index (Phi) is 4.88. The molecule has 0 aliphatic carbocycles. The van der Waals surface area contributed by atoms with Gasteiger partial charge in [-0.2, -0.15) is 13.2 Å². The van der Waals surface area contributed by atoms with Gasteiger partial charge in [-0.1, -0.05) is 0 Å². The van der Waals surface area contributed by atoms with Gasteiger partial charge in [-0.3, -0.25) is 9.69 Å². The molecule has 0 bridgehead atoms. The molecule has 0 N–H and O–H groups in total. The van der Waals surface area contributed by atoms with Crippen LogP contribution in [-0.2, 0) is 15.7 Å². The predicted octanol–water partition coefficient (Wildman–Crippen LogP) is 2.90. The Balaban J connectivity index is 2.07. The van der Waals surface area contributed by atoms with Crippen molar-refractivity contribution >= 4 is 17.3 Å². The standard InChI is InChI=1S/C13H17F3N2O2S/c1-8(12(19)20-2)18-5-3-4-9(6-18)11-17-10(7-21-11)13(14,15)16/h7-9H,3-6H2,1-2H3/t8-,9+/m1/s1. The van der Waals surface area contributed by atoms with E-state index in [0.717, 1.165) is 36.1 Å². The Hall–Kier alpha value is -1.15. The molecule has 0 unspecified atom stereocenters. The second kappa shape index (κ2) is 6.31. The first-order valence-corrected chi connectivity index (χ1v) is 7.55. The second-order valence-electron chi connectivity index (χ2n) is 5.10. The quantitative estimate of drug-likeness (QED) is 0.803. The number of nitrogens with zero attached hydrogens (tertiary/aromatic N) is 2. The van der Waals surface area contributed by atoms with Crippen molar-refractivity contribution < 1.29 is 22.7 Å². The molecule has 0 amide bonds. The van der Waals surface area contributed by atoms with Crippen LogP contribution in [0.2, 0.25) is 0 Å². The highest BCUT2D eigenvalue weighted by atomic mass is 32.1. The van der Waals surface area contributed by atoms with Crippen LogP contribution in [-0.4, -0.2) is 42.1 Å². The molecule has 1 saturated heterocycles. The number of hydrogen-bond donors (Lipinski definition) is 0. The van der Waals surface area contributed by atoms with E-state index in [2.05, 4.69) is 4.98 Å². The summed E-state index contributed by atoms with van der Waals surface area (Å²) in [5.41, 5.74) is -0.833. The normalized spacial score (nSPS) is 22.0. The summed E-state index contributed by atoms with van der Waals surface area (Å²) >= 11 is 1.04. The van der Waals surface area contributed by atoms with E-state index in [1.807, 2.05) is 4.90 Å². The van der Waals surface area contributed by atoms with Crippen LogP contribution < -0.4 is 0 Å². The average Bonchev–Trinajstić information content (AvgIpc) is 2.95. The van der Waals surface area contributed by atoms with Gasteiger partial charge in [0, 0.05) is 17.8 Å². The lowest BCUT2D eigenvalue weighted by Gasteiger charge is -2.34. The summed E-state index contributed by atoms with van der Waals surface area (Å²) in [6, 6.07) is -0.389. The molecule has 0 spiro atoms. The molecule has 0 saturated carbocycles. The number of rotatable bonds is 3. The molecule has 1 aliphatic rings. The largest absolute Gasteiger partial charge is 0.468 e. The summed E-state index contributed by atoms with van der Waals surface area (Å²) in [7, 11) is 1.33. The first kappa shape index (κ1) is 16.2. The van der Waals surface area contributed by atoms with E-state index in [9.17, 15) is 18.0 Å². The van der Waals surface area contributed by atoms with Gasteiger partial charge in [-0.25, -0.2) is 4.98 Å². The van der Waals surface area contributed by atoms with Crippen LogP contribution in [0, 0.1) is 0 Å². The second-order valence-corrected chi connectivity index (χ2v) is 5.99. The third-order valence-corrected chi connectivity index (χ3v) is 4.71. The topological polar surface area (TPSA) is 42.4 Å². The number of carbonyl (C=O) groups excluding carboxylic acids is 1. The minimum Gasteiger partial charge on any atom is -0.468 e. The smallest absolute Gasteiger partial charge is 0.434 e. The zero-order valence-electron chi connectivity index (χ0n) is 11.8. The Labute approximate surface area is 124 Å². The number of piperidine rings is 1. The summed E-state index contributed by atoms with van der Waals surface area (Å²) in [6.45, 7) is 3.02. The van der Waals surface area contributed by atoms with Crippen molar-refractivity contribution in [2.24, 2.45) is 0 Å². The molecule has 2 heterocycles. The zero-order chi connectivity index (χ0) is 15.6. The molecule has 1 aliphatic heterocycles. The maximum absolute atomic E-state index is 12.6. The molecule has 118 valence electrons. The molecular weight excluding hydrogens is 305 g/mol. The minimum absolute atomic E-state index is 0.0630. The van der Waals surface area contributed by atoms with Crippen LogP contribution in [0.5, 0.6) is 0 Å². The summed E-state index contributed by atoms with van der Waals surface area (Å²) in [4.78, 5) is 17.2. The van der Waals surface area contributed by atoms with Crippen LogP contribution in [0.1, 0.15) is 36.4 Å². The number of ether oxygens (including phenoxy) is 1.